The highest BCUT2D eigenvalue weighted by Crippen LogP contribution is 2.22. The van der Waals surface area contributed by atoms with Crippen molar-refractivity contribution >= 4 is 11.6 Å². The van der Waals surface area contributed by atoms with Crippen LogP contribution in [-0.4, -0.2) is 53.0 Å². The van der Waals surface area contributed by atoms with Crippen LogP contribution in [0.4, 0.5) is 0 Å². The molecule has 0 unspecified atom stereocenters. The molecule has 0 aromatic carbocycles. The fourth-order valence-electron chi connectivity index (χ4n) is 3.08. The topological polar surface area (TPSA) is 77.8 Å². The molecule has 3 rings (SSSR count). The SMILES string of the molecule is COCC1(NC(=O)c2cnn3c(C)cc(C)nc23)CCOCC1. The van der Waals surface area contributed by atoms with Gasteiger partial charge in [-0.2, -0.15) is 5.10 Å². The number of nitrogens with one attached hydrogen (secondary N) is 1. The van der Waals surface area contributed by atoms with Gasteiger partial charge in [-0.3, -0.25) is 4.79 Å². The van der Waals surface area contributed by atoms with Gasteiger partial charge in [0.15, 0.2) is 5.65 Å². The molecule has 0 bridgehead atoms. The lowest BCUT2D eigenvalue weighted by atomic mass is 9.90. The number of aryl methyl sites for hydroxylation is 2. The van der Waals surface area contributed by atoms with Gasteiger partial charge in [-0.25, -0.2) is 9.50 Å². The van der Waals surface area contributed by atoms with Crippen LogP contribution in [0.1, 0.15) is 34.6 Å². The average Bonchev–Trinajstić information content (AvgIpc) is 2.92. The number of aromatic nitrogens is 3. The molecule has 0 atom stereocenters. The molecule has 1 fully saturated rings. The van der Waals surface area contributed by atoms with Gasteiger partial charge in [0.05, 0.1) is 18.3 Å². The molecule has 3 heterocycles. The Bertz CT molecular complexity index is 714. The number of ether oxygens (including phenoxy) is 2. The number of rotatable bonds is 4. The summed E-state index contributed by atoms with van der Waals surface area (Å²) in [5, 5.41) is 7.41. The largest absolute Gasteiger partial charge is 0.382 e. The molecule has 124 valence electrons. The second-order valence-corrected chi connectivity index (χ2v) is 6.11. The lowest BCUT2D eigenvalue weighted by Crippen LogP contribution is -2.55. The molecule has 7 heteroatoms. The van der Waals surface area contributed by atoms with Gasteiger partial charge in [-0.15, -0.1) is 0 Å². The van der Waals surface area contributed by atoms with Crippen LogP contribution in [-0.2, 0) is 9.47 Å². The second kappa shape index (κ2) is 6.25. The van der Waals surface area contributed by atoms with Crippen molar-refractivity contribution in [3.8, 4) is 0 Å². The number of carbonyl (C=O) groups excluding carboxylic acids is 1. The van der Waals surface area contributed by atoms with Crippen molar-refractivity contribution in [1.82, 2.24) is 19.9 Å². The highest BCUT2D eigenvalue weighted by Gasteiger charge is 2.35. The van der Waals surface area contributed by atoms with Crippen LogP contribution in [0, 0.1) is 13.8 Å². The van der Waals surface area contributed by atoms with Gasteiger partial charge in [0, 0.05) is 31.7 Å². The Morgan fingerprint density at radius 1 is 1.43 bits per heavy atom. The fourth-order valence-corrected chi connectivity index (χ4v) is 3.08. The van der Waals surface area contributed by atoms with Crippen molar-refractivity contribution < 1.29 is 14.3 Å². The summed E-state index contributed by atoms with van der Waals surface area (Å²) in [6.45, 7) is 5.56. The van der Waals surface area contributed by atoms with E-state index in [1.165, 1.54) is 0 Å². The minimum atomic E-state index is -0.392. The van der Waals surface area contributed by atoms with E-state index in [0.29, 0.717) is 31.0 Å². The fraction of sp³-hybridized carbons (Fsp3) is 0.562. The van der Waals surface area contributed by atoms with Crippen molar-refractivity contribution in [3.63, 3.8) is 0 Å². The van der Waals surface area contributed by atoms with Crippen LogP contribution in [0.2, 0.25) is 0 Å². The zero-order valence-corrected chi connectivity index (χ0v) is 13.8. The molecule has 1 N–H and O–H groups in total. The van der Waals surface area contributed by atoms with Crippen molar-refractivity contribution in [2.24, 2.45) is 0 Å². The standard InChI is InChI=1S/C16H22N4O3/c1-11-8-12(2)20-14(18-11)13(9-17-20)15(21)19-16(10-22-3)4-6-23-7-5-16/h8-9H,4-7,10H2,1-3H3,(H,19,21). The van der Waals surface area contributed by atoms with Gasteiger partial charge in [0.25, 0.3) is 5.91 Å². The van der Waals surface area contributed by atoms with E-state index < -0.39 is 5.54 Å². The minimum absolute atomic E-state index is 0.170. The number of nitrogens with zero attached hydrogens (tertiary/aromatic N) is 3. The molecular formula is C16H22N4O3. The van der Waals surface area contributed by atoms with E-state index in [9.17, 15) is 4.79 Å². The highest BCUT2D eigenvalue weighted by molar-refractivity contribution is 6.00. The third kappa shape index (κ3) is 3.07. The molecule has 1 aliphatic rings. The molecule has 0 spiro atoms. The Balaban J connectivity index is 1.91. The van der Waals surface area contributed by atoms with Gasteiger partial charge in [-0.1, -0.05) is 0 Å². The van der Waals surface area contributed by atoms with Crippen LogP contribution >= 0.6 is 0 Å². The first kappa shape index (κ1) is 15.9. The normalized spacial score (nSPS) is 17.3. The maximum atomic E-state index is 12.8. The molecule has 2 aromatic rings. The van der Waals surface area contributed by atoms with Crippen LogP contribution in [0.15, 0.2) is 12.3 Å². The smallest absolute Gasteiger partial charge is 0.257 e. The van der Waals surface area contributed by atoms with Gasteiger partial charge >= 0.3 is 0 Å². The van der Waals surface area contributed by atoms with Gasteiger partial charge < -0.3 is 14.8 Å². The van der Waals surface area contributed by atoms with Gasteiger partial charge in [0.1, 0.15) is 5.56 Å². The van der Waals surface area contributed by atoms with E-state index in [1.54, 1.807) is 17.8 Å². The minimum Gasteiger partial charge on any atom is -0.382 e. The summed E-state index contributed by atoms with van der Waals surface area (Å²) in [6, 6.07) is 1.94. The summed E-state index contributed by atoms with van der Waals surface area (Å²) in [4.78, 5) is 17.3. The number of amides is 1. The second-order valence-electron chi connectivity index (χ2n) is 6.11. The molecule has 2 aromatic heterocycles. The molecular weight excluding hydrogens is 296 g/mol. The van der Waals surface area contributed by atoms with Gasteiger partial charge in [-0.05, 0) is 32.8 Å². The Morgan fingerprint density at radius 2 is 2.17 bits per heavy atom. The highest BCUT2D eigenvalue weighted by atomic mass is 16.5. The van der Waals surface area contributed by atoms with Crippen LogP contribution in [0.3, 0.4) is 0 Å². The van der Waals surface area contributed by atoms with Crippen molar-refractivity contribution in [2.75, 3.05) is 26.9 Å². The van der Waals surface area contributed by atoms with E-state index in [0.717, 1.165) is 24.2 Å². The summed E-state index contributed by atoms with van der Waals surface area (Å²) < 4.78 is 12.4. The summed E-state index contributed by atoms with van der Waals surface area (Å²) in [5.74, 6) is -0.170. The Labute approximate surface area is 135 Å². The lowest BCUT2D eigenvalue weighted by Gasteiger charge is -2.37. The predicted molar refractivity (Wildman–Crippen MR) is 84.6 cm³/mol. The zero-order valence-electron chi connectivity index (χ0n) is 13.8. The van der Waals surface area contributed by atoms with E-state index in [1.807, 2.05) is 19.9 Å². The Hall–Kier alpha value is -1.99. The van der Waals surface area contributed by atoms with Crippen molar-refractivity contribution in [3.05, 3.63) is 29.2 Å². The first-order valence-corrected chi connectivity index (χ1v) is 7.76. The first-order chi connectivity index (χ1) is 11.0. The maximum Gasteiger partial charge on any atom is 0.257 e. The molecule has 1 aliphatic heterocycles. The Morgan fingerprint density at radius 3 is 2.87 bits per heavy atom. The summed E-state index contributed by atoms with van der Waals surface area (Å²) in [5.41, 5.74) is 2.49. The number of hydrogen-bond donors (Lipinski definition) is 1. The van der Waals surface area contributed by atoms with E-state index in [4.69, 9.17) is 9.47 Å². The quantitative estimate of drug-likeness (QED) is 0.918. The van der Waals surface area contributed by atoms with Crippen LogP contribution in [0.25, 0.3) is 5.65 Å². The molecule has 1 saturated heterocycles. The summed E-state index contributed by atoms with van der Waals surface area (Å²) in [6.07, 6.45) is 3.04. The van der Waals surface area contributed by atoms with E-state index >= 15 is 0 Å². The monoisotopic (exact) mass is 318 g/mol. The third-order valence-corrected chi connectivity index (χ3v) is 4.27. The number of fused-ring (bicyclic) bond motifs is 1. The molecule has 0 saturated carbocycles. The van der Waals surface area contributed by atoms with Crippen LogP contribution < -0.4 is 5.32 Å². The maximum absolute atomic E-state index is 12.8. The molecule has 0 aliphatic carbocycles. The van der Waals surface area contributed by atoms with Crippen molar-refractivity contribution in [2.45, 2.75) is 32.2 Å². The summed E-state index contributed by atoms with van der Waals surface area (Å²) >= 11 is 0. The zero-order chi connectivity index (χ0) is 16.4. The van der Waals surface area contributed by atoms with E-state index in [2.05, 4.69) is 15.4 Å². The Kier molecular flexibility index (Phi) is 4.32. The van der Waals surface area contributed by atoms with Crippen LogP contribution in [0.5, 0.6) is 0 Å². The molecule has 7 nitrogen and oxygen atoms in total. The molecule has 0 radical (unpaired) electrons. The first-order valence-electron chi connectivity index (χ1n) is 7.76. The van der Waals surface area contributed by atoms with Crippen molar-refractivity contribution in [1.29, 1.82) is 0 Å². The molecule has 23 heavy (non-hydrogen) atoms. The average molecular weight is 318 g/mol. The lowest BCUT2D eigenvalue weighted by molar-refractivity contribution is 0.00208. The number of methoxy groups -OCH3 is 1. The number of hydrogen-bond acceptors (Lipinski definition) is 5. The number of carbonyl (C=O) groups is 1. The molecule has 1 amide bonds. The van der Waals surface area contributed by atoms with Gasteiger partial charge in [0.2, 0.25) is 0 Å². The summed E-state index contributed by atoms with van der Waals surface area (Å²) in [7, 11) is 1.65. The van der Waals surface area contributed by atoms with E-state index in [-0.39, 0.29) is 5.91 Å². The third-order valence-electron chi connectivity index (χ3n) is 4.27. The predicted octanol–water partition coefficient (Wildman–Crippen LogP) is 1.27.